The van der Waals surface area contributed by atoms with Gasteiger partial charge in [-0.2, -0.15) is 0 Å². The molecular weight excluding hydrogens is 481 g/mol. The number of rotatable bonds is 8. The average Bonchev–Trinajstić information content (AvgIpc) is 3.62. The molecule has 1 fully saturated rings. The van der Waals surface area contributed by atoms with Gasteiger partial charge in [0.15, 0.2) is 5.84 Å². The zero-order chi connectivity index (χ0) is 25.1. The molecule has 10 heteroatoms. The lowest BCUT2D eigenvalue weighted by Gasteiger charge is -2.23. The minimum Gasteiger partial charge on any atom is -0.492 e. The minimum absolute atomic E-state index is 0.0766. The number of benzene rings is 2. The van der Waals surface area contributed by atoms with E-state index in [1.807, 2.05) is 24.3 Å². The lowest BCUT2D eigenvalue weighted by atomic mass is 10.0. The smallest absolute Gasteiger partial charge is 0.176 e. The number of pyridine rings is 1. The van der Waals surface area contributed by atoms with Crippen molar-refractivity contribution in [3.05, 3.63) is 94.0 Å². The molecule has 36 heavy (non-hydrogen) atoms. The second-order valence-corrected chi connectivity index (χ2v) is 9.21. The summed E-state index contributed by atoms with van der Waals surface area (Å²) in [7, 11) is 0. The normalized spacial score (nSPS) is 15.4. The van der Waals surface area contributed by atoms with Crippen molar-refractivity contribution in [2.45, 2.75) is 19.4 Å². The highest BCUT2D eigenvalue weighted by molar-refractivity contribution is 6.30. The van der Waals surface area contributed by atoms with E-state index in [4.69, 9.17) is 27.6 Å². The van der Waals surface area contributed by atoms with Gasteiger partial charge in [0.25, 0.3) is 0 Å². The van der Waals surface area contributed by atoms with Crippen LogP contribution in [0.15, 0.2) is 71.1 Å². The number of hydrogen-bond acceptors (Lipinski definition) is 6. The Hall–Kier alpha value is -3.98. The van der Waals surface area contributed by atoms with Gasteiger partial charge < -0.3 is 20.8 Å². The fourth-order valence-electron chi connectivity index (χ4n) is 4.14. The second-order valence-electron chi connectivity index (χ2n) is 8.78. The number of nitrogens with zero attached hydrogens (tertiary/aromatic N) is 4. The molecule has 0 spiro atoms. The molecule has 2 aromatic carbocycles. The summed E-state index contributed by atoms with van der Waals surface area (Å²) in [4.78, 5) is 6.68. The zero-order valence-corrected chi connectivity index (χ0v) is 20.2. The summed E-state index contributed by atoms with van der Waals surface area (Å²) in [6.45, 7) is 1.60. The summed E-state index contributed by atoms with van der Waals surface area (Å²) in [6, 6.07) is 15.7. The SMILES string of the molecule is N=C(/N=N\N)c1ccnc(C2=C(c3ccc(F)cc3OCC3CC3)N(Cc3cccc(Cl)c3)CN2)c1. The molecule has 0 saturated heterocycles. The first-order valence-electron chi connectivity index (χ1n) is 11.6. The monoisotopic (exact) mass is 505 g/mol. The Morgan fingerprint density at radius 3 is 2.86 bits per heavy atom. The van der Waals surface area contributed by atoms with Crippen molar-refractivity contribution < 1.29 is 9.13 Å². The Balaban J connectivity index is 1.60. The minimum atomic E-state index is -0.361. The molecule has 1 aromatic heterocycles. The molecule has 5 rings (SSSR count). The molecule has 1 saturated carbocycles. The molecule has 0 radical (unpaired) electrons. The van der Waals surface area contributed by atoms with Gasteiger partial charge in [-0.25, -0.2) is 4.39 Å². The number of halogens is 2. The quantitative estimate of drug-likeness (QED) is 0.128. The van der Waals surface area contributed by atoms with Crippen LogP contribution in [-0.2, 0) is 6.54 Å². The molecule has 4 N–H and O–H groups in total. The number of amidine groups is 1. The Kier molecular flexibility index (Phi) is 6.81. The van der Waals surface area contributed by atoms with Crippen molar-refractivity contribution in [3.63, 3.8) is 0 Å². The molecule has 0 amide bonds. The third kappa shape index (κ3) is 5.31. The topological polar surface area (TPSA) is 112 Å². The van der Waals surface area contributed by atoms with E-state index in [0.717, 1.165) is 35.4 Å². The van der Waals surface area contributed by atoms with Crippen molar-refractivity contribution in [1.29, 1.82) is 5.41 Å². The van der Waals surface area contributed by atoms with Crippen molar-refractivity contribution in [1.82, 2.24) is 15.2 Å². The third-order valence-electron chi connectivity index (χ3n) is 6.08. The highest BCUT2D eigenvalue weighted by atomic mass is 35.5. The number of ether oxygens (including phenoxy) is 1. The van der Waals surface area contributed by atoms with Gasteiger partial charge in [-0.15, -0.1) is 5.11 Å². The molecule has 1 aliphatic carbocycles. The van der Waals surface area contributed by atoms with Gasteiger partial charge in [-0.3, -0.25) is 10.4 Å². The van der Waals surface area contributed by atoms with Gasteiger partial charge in [0, 0.05) is 35.0 Å². The summed E-state index contributed by atoms with van der Waals surface area (Å²) in [6.07, 6.45) is 3.86. The van der Waals surface area contributed by atoms with Crippen LogP contribution in [-0.4, -0.2) is 29.0 Å². The third-order valence-corrected chi connectivity index (χ3v) is 6.31. The van der Waals surface area contributed by atoms with E-state index in [0.29, 0.717) is 47.8 Å². The predicted molar refractivity (Wildman–Crippen MR) is 137 cm³/mol. The molecule has 2 aliphatic rings. The van der Waals surface area contributed by atoms with Crippen LogP contribution in [0.25, 0.3) is 11.4 Å². The second kappa shape index (κ2) is 10.3. The number of nitrogens with one attached hydrogen (secondary N) is 2. The molecular formula is C26H25ClFN7O. The summed E-state index contributed by atoms with van der Waals surface area (Å²) in [5.41, 5.74) is 4.45. The Morgan fingerprint density at radius 2 is 2.08 bits per heavy atom. The van der Waals surface area contributed by atoms with Crippen LogP contribution in [0.3, 0.4) is 0 Å². The van der Waals surface area contributed by atoms with E-state index in [1.54, 1.807) is 24.4 Å². The van der Waals surface area contributed by atoms with E-state index in [-0.39, 0.29) is 11.7 Å². The lowest BCUT2D eigenvalue weighted by molar-refractivity contribution is 0.296. The summed E-state index contributed by atoms with van der Waals surface area (Å²) >= 11 is 6.24. The Morgan fingerprint density at radius 1 is 1.22 bits per heavy atom. The highest BCUT2D eigenvalue weighted by Crippen LogP contribution is 2.39. The number of aromatic nitrogens is 1. The molecule has 0 bridgehead atoms. The lowest BCUT2D eigenvalue weighted by Crippen LogP contribution is -2.23. The first kappa shape index (κ1) is 23.7. The van der Waals surface area contributed by atoms with Gasteiger partial charge in [-0.05, 0) is 60.7 Å². The highest BCUT2D eigenvalue weighted by Gasteiger charge is 2.29. The maximum absolute atomic E-state index is 14.3. The van der Waals surface area contributed by atoms with Crippen LogP contribution in [0.5, 0.6) is 5.75 Å². The van der Waals surface area contributed by atoms with E-state index in [9.17, 15) is 4.39 Å². The van der Waals surface area contributed by atoms with E-state index >= 15 is 0 Å². The Labute approximate surface area is 213 Å². The van der Waals surface area contributed by atoms with Crippen molar-refractivity contribution >= 4 is 28.8 Å². The molecule has 8 nitrogen and oxygen atoms in total. The largest absolute Gasteiger partial charge is 0.492 e. The van der Waals surface area contributed by atoms with Crippen LogP contribution in [0.2, 0.25) is 5.02 Å². The van der Waals surface area contributed by atoms with Crippen LogP contribution in [0, 0.1) is 17.1 Å². The van der Waals surface area contributed by atoms with E-state index in [1.165, 1.54) is 12.1 Å². The van der Waals surface area contributed by atoms with Gasteiger partial charge >= 0.3 is 0 Å². The molecule has 3 aromatic rings. The first-order chi connectivity index (χ1) is 17.5. The molecule has 2 heterocycles. The standard InChI is InChI=1S/C26H25ClFN7O/c27-19-3-1-2-17(10-19)13-35-15-32-24(22-11-18(8-9-31-22)26(29)33-34-30)25(35)21-7-6-20(28)12-23(21)36-14-16-4-5-16/h1-3,6-12,16,32H,4-5,13-15H2,(H3,29,30,33). The van der Waals surface area contributed by atoms with Gasteiger partial charge in [-0.1, -0.05) is 29.0 Å². The maximum atomic E-state index is 14.3. The maximum Gasteiger partial charge on any atom is 0.176 e. The average molecular weight is 506 g/mol. The summed E-state index contributed by atoms with van der Waals surface area (Å²) in [5, 5.41) is 19.0. The molecule has 0 unspecified atom stereocenters. The molecule has 0 atom stereocenters. The molecule has 1 aliphatic heterocycles. The van der Waals surface area contributed by atoms with Crippen LogP contribution >= 0.6 is 11.6 Å². The van der Waals surface area contributed by atoms with Gasteiger partial charge in [0.05, 0.1) is 30.4 Å². The fraction of sp³-hybridized carbons (Fsp3) is 0.231. The molecule has 184 valence electrons. The van der Waals surface area contributed by atoms with Crippen LogP contribution < -0.4 is 15.9 Å². The van der Waals surface area contributed by atoms with Crippen LogP contribution in [0.4, 0.5) is 4.39 Å². The fourth-order valence-corrected chi connectivity index (χ4v) is 4.35. The zero-order valence-electron chi connectivity index (χ0n) is 19.4. The van der Waals surface area contributed by atoms with Gasteiger partial charge in [0.1, 0.15) is 11.6 Å². The van der Waals surface area contributed by atoms with Crippen molar-refractivity contribution in [3.8, 4) is 5.75 Å². The van der Waals surface area contributed by atoms with Gasteiger partial charge in [0.2, 0.25) is 0 Å². The summed E-state index contributed by atoms with van der Waals surface area (Å²) < 4.78 is 20.4. The number of nitrogens with two attached hydrogens (primary N) is 1. The Bertz CT molecular complexity index is 1360. The first-order valence-corrected chi connectivity index (χ1v) is 12.0. The predicted octanol–water partition coefficient (Wildman–Crippen LogP) is 5.20. The van der Waals surface area contributed by atoms with Crippen molar-refractivity contribution in [2.24, 2.45) is 22.1 Å². The van der Waals surface area contributed by atoms with E-state index < -0.39 is 0 Å². The van der Waals surface area contributed by atoms with Crippen molar-refractivity contribution in [2.75, 3.05) is 13.3 Å². The number of hydrogen-bond donors (Lipinski definition) is 3. The van der Waals surface area contributed by atoms with E-state index in [2.05, 4.69) is 25.5 Å². The summed E-state index contributed by atoms with van der Waals surface area (Å²) in [5.74, 6) is 5.69. The van der Waals surface area contributed by atoms with Crippen LogP contribution in [0.1, 0.15) is 35.2 Å².